The van der Waals surface area contributed by atoms with Gasteiger partial charge >= 0.3 is 6.18 Å². The summed E-state index contributed by atoms with van der Waals surface area (Å²) in [6.07, 6.45) is 1.72. The van der Waals surface area contributed by atoms with Gasteiger partial charge in [0.25, 0.3) is 0 Å². The van der Waals surface area contributed by atoms with Crippen LogP contribution in [-0.4, -0.2) is 38.8 Å². The van der Waals surface area contributed by atoms with Crippen LogP contribution in [0.2, 0.25) is 5.02 Å². The monoisotopic (exact) mass is 448 g/mol. The Morgan fingerprint density at radius 1 is 0.968 bits per heavy atom. The third kappa shape index (κ3) is 4.44. The van der Waals surface area contributed by atoms with Crippen LogP contribution in [-0.2, 0) is 13.0 Å². The van der Waals surface area contributed by atoms with Crippen molar-refractivity contribution in [2.24, 2.45) is 11.8 Å². The van der Waals surface area contributed by atoms with Gasteiger partial charge in [-0.15, -0.1) is 10.2 Å². The van der Waals surface area contributed by atoms with Crippen LogP contribution in [0.3, 0.4) is 0 Å². The van der Waals surface area contributed by atoms with Crippen LogP contribution in [0.1, 0.15) is 37.1 Å². The van der Waals surface area contributed by atoms with Crippen molar-refractivity contribution < 1.29 is 13.2 Å². The predicted molar refractivity (Wildman–Crippen MR) is 114 cm³/mol. The number of hydrogen-bond acceptors (Lipinski definition) is 3. The van der Waals surface area contributed by atoms with Gasteiger partial charge in [-0.05, 0) is 61.9 Å². The Morgan fingerprint density at radius 2 is 1.68 bits per heavy atom. The van der Waals surface area contributed by atoms with E-state index in [1.807, 2.05) is 40.9 Å². The summed E-state index contributed by atoms with van der Waals surface area (Å²) >= 11 is 6.66. The van der Waals surface area contributed by atoms with E-state index in [0.717, 1.165) is 34.9 Å². The molecule has 0 radical (unpaired) electrons. The summed E-state index contributed by atoms with van der Waals surface area (Å²) in [6, 6.07) is 10.1. The molecule has 0 unspecified atom stereocenters. The van der Waals surface area contributed by atoms with Crippen LogP contribution in [0, 0.1) is 11.8 Å². The molecule has 0 atom stereocenters. The van der Waals surface area contributed by atoms with Crippen molar-refractivity contribution in [3.8, 4) is 11.1 Å². The van der Waals surface area contributed by atoms with Crippen molar-refractivity contribution in [3.05, 3.63) is 52.9 Å². The molecule has 5 rings (SSSR count). The minimum Gasteiger partial charge on any atom is -0.299 e. The highest BCUT2D eigenvalue weighted by atomic mass is 35.5. The topological polar surface area (TPSA) is 33.4 Å². The standard InChI is InChI=1S/C23H24ClF3N4/c24-21-19(9-12-31-20(13-15-1-2-15)28-29-22(21)31)17-5-3-16(4-6-17)14-30-10-7-18(8-11-30)23(25,26)27/h3-6,9,12,15,18H,1-2,7-8,10-11,13-14H2. The number of nitrogens with zero attached hydrogens (tertiary/aromatic N) is 4. The number of hydrogen-bond donors (Lipinski definition) is 0. The number of aromatic nitrogens is 3. The van der Waals surface area contributed by atoms with E-state index in [2.05, 4.69) is 15.1 Å². The van der Waals surface area contributed by atoms with Crippen LogP contribution in [0.4, 0.5) is 13.2 Å². The van der Waals surface area contributed by atoms with Crippen LogP contribution in [0.25, 0.3) is 16.8 Å². The molecule has 3 aromatic rings. The molecule has 2 aliphatic rings. The summed E-state index contributed by atoms with van der Waals surface area (Å²) in [5.74, 6) is 0.512. The van der Waals surface area contributed by atoms with E-state index in [-0.39, 0.29) is 12.8 Å². The van der Waals surface area contributed by atoms with Gasteiger partial charge in [-0.3, -0.25) is 9.30 Å². The Labute approximate surface area is 184 Å². The van der Waals surface area contributed by atoms with E-state index >= 15 is 0 Å². The predicted octanol–water partition coefficient (Wildman–Crippen LogP) is 5.78. The fraction of sp³-hybridized carbons (Fsp3) is 0.478. The molecule has 1 aromatic carbocycles. The van der Waals surface area contributed by atoms with Crippen LogP contribution >= 0.6 is 11.6 Å². The molecule has 1 aliphatic heterocycles. The summed E-state index contributed by atoms with van der Waals surface area (Å²) in [6.45, 7) is 1.61. The van der Waals surface area contributed by atoms with E-state index in [9.17, 15) is 13.2 Å². The largest absolute Gasteiger partial charge is 0.391 e. The van der Waals surface area contributed by atoms with E-state index < -0.39 is 12.1 Å². The third-order valence-electron chi connectivity index (χ3n) is 6.48. The van der Waals surface area contributed by atoms with Crippen LogP contribution < -0.4 is 0 Å². The number of pyridine rings is 1. The van der Waals surface area contributed by atoms with Gasteiger partial charge in [0.05, 0.1) is 10.9 Å². The quantitative estimate of drug-likeness (QED) is 0.496. The molecule has 4 nitrogen and oxygen atoms in total. The first-order valence-corrected chi connectivity index (χ1v) is 11.2. The molecule has 8 heteroatoms. The first kappa shape index (κ1) is 20.8. The molecule has 2 fully saturated rings. The number of piperidine rings is 1. The molecule has 2 aromatic heterocycles. The van der Waals surface area contributed by atoms with Gasteiger partial charge in [-0.25, -0.2) is 0 Å². The molecular formula is C23H24ClF3N4. The molecule has 3 heterocycles. The number of rotatable bonds is 5. The fourth-order valence-corrected chi connectivity index (χ4v) is 4.68. The smallest absolute Gasteiger partial charge is 0.299 e. The van der Waals surface area contributed by atoms with E-state index in [1.165, 1.54) is 12.8 Å². The minimum atomic E-state index is -4.07. The molecule has 1 aliphatic carbocycles. The van der Waals surface area contributed by atoms with Gasteiger partial charge in [-0.2, -0.15) is 13.2 Å². The number of halogens is 4. The summed E-state index contributed by atoms with van der Waals surface area (Å²) in [5.41, 5.74) is 3.64. The van der Waals surface area contributed by atoms with Crippen molar-refractivity contribution >= 4 is 17.2 Å². The van der Waals surface area contributed by atoms with Crippen LogP contribution in [0.5, 0.6) is 0 Å². The Bertz CT molecular complexity index is 1060. The molecule has 0 bridgehead atoms. The zero-order valence-corrected chi connectivity index (χ0v) is 17.8. The molecule has 0 N–H and O–H groups in total. The third-order valence-corrected chi connectivity index (χ3v) is 6.85. The lowest BCUT2D eigenvalue weighted by Gasteiger charge is -2.32. The lowest BCUT2D eigenvalue weighted by atomic mass is 9.96. The van der Waals surface area contributed by atoms with Crippen molar-refractivity contribution in [2.75, 3.05) is 13.1 Å². The second kappa shape index (κ2) is 8.10. The Kier molecular flexibility index (Phi) is 5.42. The summed E-state index contributed by atoms with van der Waals surface area (Å²) in [4.78, 5) is 2.09. The normalized spacial score (nSPS) is 18.7. The van der Waals surface area contributed by atoms with Gasteiger partial charge in [0.15, 0.2) is 5.65 Å². The molecular weight excluding hydrogens is 425 g/mol. The van der Waals surface area contributed by atoms with Gasteiger partial charge < -0.3 is 0 Å². The SMILES string of the molecule is FC(F)(F)C1CCN(Cc2ccc(-c3ccn4c(CC5CC5)nnc4c3Cl)cc2)CC1. The maximum atomic E-state index is 12.9. The van der Waals surface area contributed by atoms with Crippen LogP contribution in [0.15, 0.2) is 36.5 Å². The maximum absolute atomic E-state index is 12.9. The van der Waals surface area contributed by atoms with E-state index in [0.29, 0.717) is 30.3 Å². The first-order chi connectivity index (χ1) is 14.9. The Balaban J connectivity index is 1.28. The van der Waals surface area contributed by atoms with Crippen molar-refractivity contribution in [3.63, 3.8) is 0 Å². The Morgan fingerprint density at radius 3 is 2.32 bits per heavy atom. The minimum absolute atomic E-state index is 0.179. The first-order valence-electron chi connectivity index (χ1n) is 10.8. The summed E-state index contributed by atoms with van der Waals surface area (Å²) in [7, 11) is 0. The molecule has 164 valence electrons. The van der Waals surface area contributed by atoms with E-state index in [4.69, 9.17) is 11.6 Å². The number of alkyl halides is 3. The lowest BCUT2D eigenvalue weighted by molar-refractivity contribution is -0.185. The highest BCUT2D eigenvalue weighted by Gasteiger charge is 2.40. The molecule has 0 amide bonds. The zero-order valence-electron chi connectivity index (χ0n) is 17.1. The number of benzene rings is 1. The van der Waals surface area contributed by atoms with Crippen molar-refractivity contribution in [1.82, 2.24) is 19.5 Å². The molecule has 31 heavy (non-hydrogen) atoms. The summed E-state index contributed by atoms with van der Waals surface area (Å²) in [5, 5.41) is 9.20. The van der Waals surface area contributed by atoms with E-state index in [1.54, 1.807) is 0 Å². The highest BCUT2D eigenvalue weighted by molar-refractivity contribution is 6.36. The molecule has 1 saturated heterocycles. The van der Waals surface area contributed by atoms with Gasteiger partial charge in [0.2, 0.25) is 0 Å². The zero-order chi connectivity index (χ0) is 21.6. The number of likely N-dealkylation sites (tertiary alicyclic amines) is 1. The van der Waals surface area contributed by atoms with Gasteiger partial charge in [-0.1, -0.05) is 35.9 Å². The van der Waals surface area contributed by atoms with Gasteiger partial charge in [0.1, 0.15) is 5.82 Å². The lowest BCUT2D eigenvalue weighted by Crippen LogP contribution is -2.38. The second-order valence-corrected chi connectivity index (χ2v) is 9.17. The maximum Gasteiger partial charge on any atom is 0.391 e. The average molecular weight is 449 g/mol. The van der Waals surface area contributed by atoms with Crippen molar-refractivity contribution in [1.29, 1.82) is 0 Å². The summed E-state index contributed by atoms with van der Waals surface area (Å²) < 4.78 is 40.5. The molecule has 0 spiro atoms. The van der Waals surface area contributed by atoms with Gasteiger partial charge in [0, 0.05) is 24.7 Å². The fourth-order valence-electron chi connectivity index (χ4n) is 4.38. The number of fused-ring (bicyclic) bond motifs is 1. The second-order valence-electron chi connectivity index (χ2n) is 8.79. The van der Waals surface area contributed by atoms with Crippen molar-refractivity contribution in [2.45, 2.75) is 44.8 Å². The highest BCUT2D eigenvalue weighted by Crippen LogP contribution is 2.36. The average Bonchev–Trinajstić information content (AvgIpc) is 3.47. The Hall–Kier alpha value is -2.12. The molecule has 1 saturated carbocycles.